The van der Waals surface area contributed by atoms with Gasteiger partial charge in [0.15, 0.2) is 0 Å². The van der Waals surface area contributed by atoms with E-state index in [-0.39, 0.29) is 5.91 Å². The minimum Gasteiger partial charge on any atom is -0.322 e. The van der Waals surface area contributed by atoms with E-state index in [0.717, 1.165) is 18.7 Å². The Bertz CT molecular complexity index is 516. The first kappa shape index (κ1) is 16.6. The SMILES string of the molecule is Cc1ccc(Cl)c(NC(=O)CN(C)CC2CCCN2)c1Cl. The molecule has 1 aliphatic heterocycles. The molecule has 1 aromatic rings. The van der Waals surface area contributed by atoms with Crippen molar-refractivity contribution in [1.82, 2.24) is 10.2 Å². The topological polar surface area (TPSA) is 44.4 Å². The number of carbonyl (C=O) groups is 1. The summed E-state index contributed by atoms with van der Waals surface area (Å²) >= 11 is 12.3. The van der Waals surface area contributed by atoms with E-state index in [2.05, 4.69) is 10.6 Å². The molecule has 4 nitrogen and oxygen atoms in total. The number of halogens is 2. The number of likely N-dealkylation sites (N-methyl/N-ethyl adjacent to an activating group) is 1. The third-order valence-corrected chi connectivity index (χ3v) is 4.46. The molecular formula is C15H21Cl2N3O. The van der Waals surface area contributed by atoms with Gasteiger partial charge in [-0.25, -0.2) is 0 Å². The van der Waals surface area contributed by atoms with Gasteiger partial charge in [0.1, 0.15) is 0 Å². The Hall–Kier alpha value is -0.810. The zero-order valence-electron chi connectivity index (χ0n) is 12.4. The van der Waals surface area contributed by atoms with E-state index >= 15 is 0 Å². The van der Waals surface area contributed by atoms with Gasteiger partial charge in [0.25, 0.3) is 0 Å². The van der Waals surface area contributed by atoms with Crippen LogP contribution in [0.4, 0.5) is 5.69 Å². The highest BCUT2D eigenvalue weighted by atomic mass is 35.5. The van der Waals surface area contributed by atoms with Crippen molar-refractivity contribution in [3.05, 3.63) is 27.7 Å². The van der Waals surface area contributed by atoms with Gasteiger partial charge in [-0.05, 0) is 45.0 Å². The van der Waals surface area contributed by atoms with Gasteiger partial charge in [-0.1, -0.05) is 29.3 Å². The molecule has 21 heavy (non-hydrogen) atoms. The first-order valence-corrected chi connectivity index (χ1v) is 7.89. The molecule has 6 heteroatoms. The number of hydrogen-bond acceptors (Lipinski definition) is 3. The first-order valence-electron chi connectivity index (χ1n) is 7.13. The van der Waals surface area contributed by atoms with Crippen molar-refractivity contribution in [3.63, 3.8) is 0 Å². The van der Waals surface area contributed by atoms with E-state index in [1.165, 1.54) is 12.8 Å². The predicted octanol–water partition coefficient (Wildman–Crippen LogP) is 2.92. The summed E-state index contributed by atoms with van der Waals surface area (Å²) < 4.78 is 0. The molecule has 0 spiro atoms. The normalized spacial score (nSPS) is 18.2. The lowest BCUT2D eigenvalue weighted by atomic mass is 10.2. The molecule has 116 valence electrons. The Morgan fingerprint density at radius 3 is 2.90 bits per heavy atom. The molecule has 1 saturated heterocycles. The van der Waals surface area contributed by atoms with Crippen molar-refractivity contribution in [2.45, 2.75) is 25.8 Å². The third kappa shape index (κ3) is 4.58. The lowest BCUT2D eigenvalue weighted by Gasteiger charge is -2.21. The summed E-state index contributed by atoms with van der Waals surface area (Å²) in [5.74, 6) is -0.107. The molecule has 1 aliphatic rings. The van der Waals surface area contributed by atoms with E-state index in [9.17, 15) is 4.79 Å². The van der Waals surface area contributed by atoms with Crippen LogP contribution in [0.15, 0.2) is 12.1 Å². The van der Waals surface area contributed by atoms with Crippen LogP contribution in [0, 0.1) is 6.92 Å². The Morgan fingerprint density at radius 1 is 1.48 bits per heavy atom. The minimum absolute atomic E-state index is 0.107. The van der Waals surface area contributed by atoms with E-state index < -0.39 is 0 Å². The van der Waals surface area contributed by atoms with Crippen LogP contribution in [-0.4, -0.2) is 43.5 Å². The fourth-order valence-electron chi connectivity index (χ4n) is 2.55. The fourth-order valence-corrected chi connectivity index (χ4v) is 3.01. The van der Waals surface area contributed by atoms with Crippen LogP contribution in [0.1, 0.15) is 18.4 Å². The Balaban J connectivity index is 1.91. The van der Waals surface area contributed by atoms with Crippen molar-refractivity contribution < 1.29 is 4.79 Å². The molecule has 2 rings (SSSR count). The highest BCUT2D eigenvalue weighted by molar-refractivity contribution is 6.40. The highest BCUT2D eigenvalue weighted by Gasteiger charge is 2.18. The van der Waals surface area contributed by atoms with Gasteiger partial charge in [0, 0.05) is 12.6 Å². The number of aryl methyl sites for hydroxylation is 1. The second-order valence-electron chi connectivity index (χ2n) is 5.59. The van der Waals surface area contributed by atoms with Crippen LogP contribution in [0.5, 0.6) is 0 Å². The second-order valence-corrected chi connectivity index (χ2v) is 6.38. The number of benzene rings is 1. The number of hydrogen-bond donors (Lipinski definition) is 2. The van der Waals surface area contributed by atoms with Gasteiger partial charge in [0.05, 0.1) is 22.3 Å². The highest BCUT2D eigenvalue weighted by Crippen LogP contribution is 2.32. The standard InChI is InChI=1S/C15H21Cl2N3O/c1-10-5-6-12(16)15(14(10)17)19-13(21)9-20(2)8-11-4-3-7-18-11/h5-6,11,18H,3-4,7-9H2,1-2H3,(H,19,21). The fraction of sp³-hybridized carbons (Fsp3) is 0.533. The number of rotatable bonds is 5. The van der Waals surface area contributed by atoms with E-state index in [0.29, 0.717) is 28.3 Å². The van der Waals surface area contributed by atoms with Gasteiger partial charge in [-0.15, -0.1) is 0 Å². The van der Waals surface area contributed by atoms with Crippen LogP contribution in [0.25, 0.3) is 0 Å². The summed E-state index contributed by atoms with van der Waals surface area (Å²) in [6.07, 6.45) is 2.38. The molecule has 1 aromatic carbocycles. The van der Waals surface area contributed by atoms with Crippen LogP contribution >= 0.6 is 23.2 Å². The molecule has 0 saturated carbocycles. The molecular weight excluding hydrogens is 309 g/mol. The molecule has 0 aromatic heterocycles. The maximum atomic E-state index is 12.1. The summed E-state index contributed by atoms with van der Waals surface area (Å²) in [6, 6.07) is 4.05. The average molecular weight is 330 g/mol. The minimum atomic E-state index is -0.107. The van der Waals surface area contributed by atoms with Crippen LogP contribution in [-0.2, 0) is 4.79 Å². The van der Waals surface area contributed by atoms with Crippen LogP contribution < -0.4 is 10.6 Å². The molecule has 0 bridgehead atoms. The Morgan fingerprint density at radius 2 is 2.24 bits per heavy atom. The molecule has 1 heterocycles. The monoisotopic (exact) mass is 329 g/mol. The summed E-state index contributed by atoms with van der Waals surface area (Å²) in [4.78, 5) is 14.1. The van der Waals surface area contributed by atoms with Crippen molar-refractivity contribution in [2.75, 3.05) is 32.0 Å². The van der Waals surface area contributed by atoms with Crippen molar-refractivity contribution in [3.8, 4) is 0 Å². The molecule has 1 unspecified atom stereocenters. The lowest BCUT2D eigenvalue weighted by molar-refractivity contribution is -0.117. The van der Waals surface area contributed by atoms with Gasteiger partial charge >= 0.3 is 0 Å². The zero-order chi connectivity index (χ0) is 15.4. The molecule has 0 radical (unpaired) electrons. The number of nitrogens with one attached hydrogen (secondary N) is 2. The van der Waals surface area contributed by atoms with Crippen LogP contribution in [0.3, 0.4) is 0 Å². The van der Waals surface area contributed by atoms with Gasteiger partial charge < -0.3 is 10.6 Å². The number of carbonyl (C=O) groups excluding carboxylic acids is 1. The van der Waals surface area contributed by atoms with Gasteiger partial charge in [-0.2, -0.15) is 0 Å². The average Bonchev–Trinajstić information content (AvgIpc) is 2.92. The quantitative estimate of drug-likeness (QED) is 0.872. The Kier molecular flexibility index (Phi) is 5.88. The molecule has 1 atom stereocenters. The third-order valence-electron chi connectivity index (χ3n) is 3.66. The molecule has 2 N–H and O–H groups in total. The summed E-state index contributed by atoms with van der Waals surface area (Å²) in [5.41, 5.74) is 1.38. The summed E-state index contributed by atoms with van der Waals surface area (Å²) in [5, 5.41) is 7.18. The number of nitrogens with zero attached hydrogens (tertiary/aromatic N) is 1. The lowest BCUT2D eigenvalue weighted by Crippen LogP contribution is -2.39. The van der Waals surface area contributed by atoms with Crippen molar-refractivity contribution in [2.24, 2.45) is 0 Å². The maximum absolute atomic E-state index is 12.1. The largest absolute Gasteiger partial charge is 0.322 e. The number of anilines is 1. The number of amides is 1. The smallest absolute Gasteiger partial charge is 0.238 e. The van der Waals surface area contributed by atoms with Crippen molar-refractivity contribution >= 4 is 34.8 Å². The van der Waals surface area contributed by atoms with Crippen LogP contribution in [0.2, 0.25) is 10.0 Å². The predicted molar refractivity (Wildman–Crippen MR) is 88.4 cm³/mol. The zero-order valence-corrected chi connectivity index (χ0v) is 13.9. The van der Waals surface area contributed by atoms with E-state index in [4.69, 9.17) is 23.2 Å². The van der Waals surface area contributed by atoms with E-state index in [1.807, 2.05) is 24.9 Å². The second kappa shape index (κ2) is 7.45. The van der Waals surface area contributed by atoms with E-state index in [1.54, 1.807) is 6.07 Å². The molecule has 1 fully saturated rings. The van der Waals surface area contributed by atoms with Crippen molar-refractivity contribution in [1.29, 1.82) is 0 Å². The van der Waals surface area contributed by atoms with Gasteiger partial charge in [0.2, 0.25) is 5.91 Å². The Labute approximate surface area is 135 Å². The maximum Gasteiger partial charge on any atom is 0.238 e. The van der Waals surface area contributed by atoms with Gasteiger partial charge in [-0.3, -0.25) is 9.69 Å². The molecule has 1 amide bonds. The summed E-state index contributed by atoms with van der Waals surface area (Å²) in [7, 11) is 1.94. The first-order chi connectivity index (χ1) is 9.97. The molecule has 0 aliphatic carbocycles. The summed E-state index contributed by atoms with van der Waals surface area (Å²) in [6.45, 7) is 4.13.